The van der Waals surface area contributed by atoms with Gasteiger partial charge in [0, 0.05) is 6.07 Å². The van der Waals surface area contributed by atoms with E-state index >= 15 is 0 Å². The van der Waals surface area contributed by atoms with Crippen molar-refractivity contribution >= 4 is 11.6 Å². The summed E-state index contributed by atoms with van der Waals surface area (Å²) in [5, 5.41) is 8.03. The number of hydrogen-bond acceptors (Lipinski definition) is 3. The molecule has 1 aliphatic rings. The number of halogens is 1. The molecule has 0 saturated heterocycles. The summed E-state index contributed by atoms with van der Waals surface area (Å²) in [6, 6.07) is 3.73. The van der Waals surface area contributed by atoms with Crippen molar-refractivity contribution < 1.29 is 4.74 Å². The van der Waals surface area contributed by atoms with Crippen LogP contribution in [0.5, 0.6) is 5.88 Å². The van der Waals surface area contributed by atoms with Crippen LogP contribution in [0.3, 0.4) is 0 Å². The molecule has 0 aromatic carbocycles. The van der Waals surface area contributed by atoms with Gasteiger partial charge in [0.2, 0.25) is 5.88 Å². The molecule has 1 aliphatic carbocycles. The van der Waals surface area contributed by atoms with Gasteiger partial charge in [0.05, 0.1) is 11.6 Å². The lowest BCUT2D eigenvalue weighted by Crippen LogP contribution is -2.25. The van der Waals surface area contributed by atoms with E-state index in [1.165, 1.54) is 19.3 Å². The molecule has 0 aliphatic heterocycles. The van der Waals surface area contributed by atoms with Crippen LogP contribution in [0.15, 0.2) is 12.1 Å². The first-order chi connectivity index (χ1) is 8.31. The first-order valence-corrected chi connectivity index (χ1v) is 6.90. The molecule has 94 valence electrons. The smallest absolute Gasteiger partial charge is 0.233 e. The minimum atomic E-state index is 0.310. The van der Waals surface area contributed by atoms with Crippen LogP contribution in [-0.4, -0.2) is 16.3 Å². The highest BCUT2D eigenvalue weighted by molar-refractivity contribution is 6.16. The summed E-state index contributed by atoms with van der Waals surface area (Å²) in [6.07, 6.45) is 6.44. The van der Waals surface area contributed by atoms with Crippen LogP contribution in [0.2, 0.25) is 0 Å². The Kier molecular flexibility index (Phi) is 4.60. The highest BCUT2D eigenvalue weighted by Gasteiger charge is 2.22. The largest absolute Gasteiger partial charge is 0.473 e. The Balaban J connectivity index is 1.90. The SMILES string of the molecule is CCC1CCCC(Oc2ccc(CCl)nn2)C1. The molecule has 2 atom stereocenters. The van der Waals surface area contributed by atoms with Crippen molar-refractivity contribution in [1.82, 2.24) is 10.2 Å². The Bertz CT molecular complexity index is 342. The minimum Gasteiger partial charge on any atom is -0.473 e. The number of hydrogen-bond donors (Lipinski definition) is 0. The fraction of sp³-hybridized carbons (Fsp3) is 0.692. The van der Waals surface area contributed by atoms with Crippen molar-refractivity contribution in [3.05, 3.63) is 17.8 Å². The number of aromatic nitrogens is 2. The number of alkyl halides is 1. The highest BCUT2D eigenvalue weighted by Crippen LogP contribution is 2.28. The predicted octanol–water partition coefficient (Wildman–Crippen LogP) is 3.56. The third-order valence-corrected chi connectivity index (χ3v) is 3.71. The fourth-order valence-corrected chi connectivity index (χ4v) is 2.51. The molecule has 3 nitrogen and oxygen atoms in total. The maximum atomic E-state index is 5.87. The van der Waals surface area contributed by atoms with E-state index in [-0.39, 0.29) is 0 Å². The van der Waals surface area contributed by atoms with Crippen molar-refractivity contribution in [3.8, 4) is 5.88 Å². The second-order valence-electron chi connectivity index (χ2n) is 4.68. The molecular weight excluding hydrogens is 236 g/mol. The molecule has 0 spiro atoms. The Labute approximate surface area is 108 Å². The van der Waals surface area contributed by atoms with Crippen LogP contribution in [0, 0.1) is 5.92 Å². The molecule has 0 N–H and O–H groups in total. The van der Waals surface area contributed by atoms with Gasteiger partial charge in [0.15, 0.2) is 0 Å². The lowest BCUT2D eigenvalue weighted by Gasteiger charge is -2.28. The maximum Gasteiger partial charge on any atom is 0.233 e. The van der Waals surface area contributed by atoms with Crippen molar-refractivity contribution in [2.24, 2.45) is 5.92 Å². The molecule has 0 amide bonds. The second kappa shape index (κ2) is 6.20. The zero-order valence-electron chi connectivity index (χ0n) is 10.2. The third kappa shape index (κ3) is 3.56. The molecule has 1 saturated carbocycles. The highest BCUT2D eigenvalue weighted by atomic mass is 35.5. The Morgan fingerprint density at radius 3 is 2.88 bits per heavy atom. The quantitative estimate of drug-likeness (QED) is 0.771. The van der Waals surface area contributed by atoms with Crippen molar-refractivity contribution in [1.29, 1.82) is 0 Å². The van der Waals surface area contributed by atoms with Gasteiger partial charge < -0.3 is 4.74 Å². The van der Waals surface area contributed by atoms with Gasteiger partial charge in [-0.05, 0) is 31.2 Å². The van der Waals surface area contributed by atoms with Gasteiger partial charge in [0.25, 0.3) is 0 Å². The van der Waals surface area contributed by atoms with E-state index in [9.17, 15) is 0 Å². The summed E-state index contributed by atoms with van der Waals surface area (Å²) in [5.41, 5.74) is 0.786. The number of ether oxygens (including phenoxy) is 1. The summed E-state index contributed by atoms with van der Waals surface area (Å²) < 4.78 is 5.87. The average Bonchev–Trinajstić information content (AvgIpc) is 2.40. The second-order valence-corrected chi connectivity index (χ2v) is 4.94. The lowest BCUT2D eigenvalue weighted by molar-refractivity contribution is 0.116. The van der Waals surface area contributed by atoms with E-state index in [0.717, 1.165) is 24.5 Å². The summed E-state index contributed by atoms with van der Waals surface area (Å²) in [6.45, 7) is 2.25. The van der Waals surface area contributed by atoms with E-state index in [0.29, 0.717) is 17.9 Å². The minimum absolute atomic E-state index is 0.310. The first kappa shape index (κ1) is 12.6. The normalized spacial score (nSPS) is 24.6. The van der Waals surface area contributed by atoms with Crippen molar-refractivity contribution in [3.63, 3.8) is 0 Å². The summed E-state index contributed by atoms with van der Waals surface area (Å²) in [5.74, 6) is 1.83. The first-order valence-electron chi connectivity index (χ1n) is 6.37. The van der Waals surface area contributed by atoms with E-state index in [4.69, 9.17) is 16.3 Å². The van der Waals surface area contributed by atoms with Crippen LogP contribution < -0.4 is 4.74 Å². The molecule has 1 aromatic heterocycles. The van der Waals surface area contributed by atoms with Crippen LogP contribution in [0.1, 0.15) is 44.7 Å². The molecule has 2 unspecified atom stereocenters. The fourth-order valence-electron chi connectivity index (χ4n) is 2.37. The van der Waals surface area contributed by atoms with Crippen LogP contribution in [0.25, 0.3) is 0 Å². The Morgan fingerprint density at radius 1 is 1.35 bits per heavy atom. The molecule has 1 aromatic rings. The van der Waals surface area contributed by atoms with Gasteiger partial charge in [-0.15, -0.1) is 16.7 Å². The molecule has 1 fully saturated rings. The standard InChI is InChI=1S/C13H19ClN2O/c1-2-10-4-3-5-12(8-10)17-13-7-6-11(9-14)15-16-13/h6-7,10,12H,2-5,8-9H2,1H3. The Hall–Kier alpha value is -0.830. The summed E-state index contributed by atoms with van der Waals surface area (Å²) >= 11 is 5.67. The van der Waals surface area contributed by atoms with Gasteiger partial charge in [0.1, 0.15) is 6.10 Å². The van der Waals surface area contributed by atoms with Gasteiger partial charge in [-0.3, -0.25) is 0 Å². The molecule has 0 radical (unpaired) electrons. The van der Waals surface area contributed by atoms with E-state index in [2.05, 4.69) is 17.1 Å². The molecule has 4 heteroatoms. The van der Waals surface area contributed by atoms with E-state index in [1.54, 1.807) is 0 Å². The number of rotatable bonds is 4. The molecule has 2 rings (SSSR count). The van der Waals surface area contributed by atoms with Gasteiger partial charge >= 0.3 is 0 Å². The van der Waals surface area contributed by atoms with Gasteiger partial charge in [-0.2, -0.15) is 5.10 Å². The molecule has 0 bridgehead atoms. The average molecular weight is 255 g/mol. The van der Waals surface area contributed by atoms with Crippen molar-refractivity contribution in [2.45, 2.75) is 51.0 Å². The summed E-state index contributed by atoms with van der Waals surface area (Å²) in [4.78, 5) is 0. The number of nitrogens with zero attached hydrogens (tertiary/aromatic N) is 2. The zero-order chi connectivity index (χ0) is 12.1. The molecular formula is C13H19ClN2O. The topological polar surface area (TPSA) is 35.0 Å². The molecule has 1 heterocycles. The van der Waals surface area contributed by atoms with Crippen molar-refractivity contribution in [2.75, 3.05) is 0 Å². The van der Waals surface area contributed by atoms with Gasteiger partial charge in [-0.25, -0.2) is 0 Å². The molecule has 17 heavy (non-hydrogen) atoms. The monoisotopic (exact) mass is 254 g/mol. The maximum absolute atomic E-state index is 5.87. The predicted molar refractivity (Wildman–Crippen MR) is 68.3 cm³/mol. The van der Waals surface area contributed by atoms with Crippen LogP contribution >= 0.6 is 11.6 Å². The third-order valence-electron chi connectivity index (χ3n) is 3.43. The summed E-state index contributed by atoms with van der Waals surface area (Å²) in [7, 11) is 0. The van der Waals surface area contributed by atoms with E-state index in [1.807, 2.05) is 12.1 Å². The van der Waals surface area contributed by atoms with Crippen LogP contribution in [-0.2, 0) is 5.88 Å². The van der Waals surface area contributed by atoms with E-state index < -0.39 is 0 Å². The van der Waals surface area contributed by atoms with Crippen LogP contribution in [0.4, 0.5) is 0 Å². The lowest BCUT2D eigenvalue weighted by atomic mass is 9.85. The Morgan fingerprint density at radius 2 is 2.24 bits per heavy atom. The zero-order valence-corrected chi connectivity index (χ0v) is 11.0. The van der Waals surface area contributed by atoms with Gasteiger partial charge in [-0.1, -0.05) is 19.8 Å².